The largest absolute Gasteiger partial charge is 0.481 e. The number of fused-ring (bicyclic) bond motifs is 2. The molecule has 2 aliphatic rings. The fourth-order valence-corrected chi connectivity index (χ4v) is 5.95. The monoisotopic (exact) mass is 371 g/mol. The van der Waals surface area contributed by atoms with Crippen LogP contribution in [0, 0.1) is 23.2 Å². The molecule has 2 saturated carbocycles. The lowest BCUT2D eigenvalue weighted by atomic mass is 9.65. The molecule has 0 aliphatic heterocycles. The summed E-state index contributed by atoms with van der Waals surface area (Å²) in [5.74, 6) is 1.20. The summed E-state index contributed by atoms with van der Waals surface area (Å²) in [5.41, 5.74) is 6.98. The number of carbonyl (C=O) groups excluding carboxylic acids is 1. The number of benzene rings is 1. The molecule has 1 aromatic carbocycles. The fourth-order valence-electron chi connectivity index (χ4n) is 5.95. The molecule has 5 unspecified atom stereocenters. The van der Waals surface area contributed by atoms with Gasteiger partial charge in [0.2, 0.25) is 5.91 Å². The van der Waals surface area contributed by atoms with Crippen LogP contribution >= 0.6 is 0 Å². The minimum absolute atomic E-state index is 0.101. The maximum Gasteiger partial charge on any atom is 0.303 e. The number of hydrogen-bond donors (Lipinski definition) is 2. The van der Waals surface area contributed by atoms with Gasteiger partial charge >= 0.3 is 5.97 Å². The average molecular weight is 372 g/mol. The molecule has 148 valence electrons. The Hall–Kier alpha value is -1.84. The van der Waals surface area contributed by atoms with E-state index in [1.165, 1.54) is 5.56 Å². The number of unbranched alkanes of at least 4 members (excludes halogenated alkanes) is 2. The Morgan fingerprint density at radius 1 is 1.22 bits per heavy atom. The van der Waals surface area contributed by atoms with E-state index < -0.39 is 5.97 Å². The number of primary amides is 1. The molecular formula is C23H33NO3. The second kappa shape index (κ2) is 8.45. The van der Waals surface area contributed by atoms with Crippen LogP contribution in [0.4, 0.5) is 0 Å². The molecule has 27 heavy (non-hydrogen) atoms. The summed E-state index contributed by atoms with van der Waals surface area (Å²) in [4.78, 5) is 23.1. The summed E-state index contributed by atoms with van der Waals surface area (Å²) in [6.45, 7) is 2.29. The molecule has 3 rings (SSSR count). The Bertz CT molecular complexity index is 659. The molecule has 0 aromatic heterocycles. The van der Waals surface area contributed by atoms with Crippen LogP contribution in [0.25, 0.3) is 0 Å². The normalized spacial score (nSPS) is 30.3. The summed E-state index contributed by atoms with van der Waals surface area (Å²) in [6.07, 6.45) is 8.04. The highest BCUT2D eigenvalue weighted by atomic mass is 16.4. The van der Waals surface area contributed by atoms with Gasteiger partial charge in [-0.1, -0.05) is 50.1 Å². The summed E-state index contributed by atoms with van der Waals surface area (Å²) in [5, 5.41) is 8.81. The zero-order valence-corrected chi connectivity index (χ0v) is 16.4. The van der Waals surface area contributed by atoms with Crippen molar-refractivity contribution < 1.29 is 14.7 Å². The molecule has 0 heterocycles. The van der Waals surface area contributed by atoms with Crippen molar-refractivity contribution in [1.82, 2.24) is 0 Å². The molecule has 3 N–H and O–H groups in total. The van der Waals surface area contributed by atoms with Crippen molar-refractivity contribution in [3.63, 3.8) is 0 Å². The van der Waals surface area contributed by atoms with Gasteiger partial charge in [0.05, 0.1) is 5.41 Å². The lowest BCUT2D eigenvalue weighted by Crippen LogP contribution is -2.42. The second-order valence-electron chi connectivity index (χ2n) is 8.83. The molecule has 5 atom stereocenters. The SMILES string of the molecule is CC(CC1C2CCC(C(N)=O)(C2)C1CCCCCC(=O)O)c1ccccc1. The van der Waals surface area contributed by atoms with Crippen molar-refractivity contribution in [2.75, 3.05) is 0 Å². The van der Waals surface area contributed by atoms with Gasteiger partial charge in [0.25, 0.3) is 0 Å². The maximum absolute atomic E-state index is 12.4. The van der Waals surface area contributed by atoms with Crippen molar-refractivity contribution in [2.45, 2.75) is 70.6 Å². The molecule has 1 amide bonds. The van der Waals surface area contributed by atoms with E-state index in [9.17, 15) is 9.59 Å². The van der Waals surface area contributed by atoms with Crippen LogP contribution in [-0.4, -0.2) is 17.0 Å². The van der Waals surface area contributed by atoms with Crippen LogP contribution in [0.2, 0.25) is 0 Å². The predicted octanol–water partition coefficient (Wildman–Crippen LogP) is 4.73. The lowest BCUT2D eigenvalue weighted by Gasteiger charge is -2.38. The van der Waals surface area contributed by atoms with E-state index in [1.807, 2.05) is 0 Å². The first-order valence-corrected chi connectivity index (χ1v) is 10.5. The summed E-state index contributed by atoms with van der Waals surface area (Å²) >= 11 is 0. The fraction of sp³-hybridized carbons (Fsp3) is 0.652. The number of amides is 1. The number of carbonyl (C=O) groups is 2. The standard InChI is InChI=1S/C23H33NO3/c1-16(17-8-4-2-5-9-17)14-19-18-12-13-23(15-18,22(24)27)20(19)10-6-3-7-11-21(25)26/h2,4-5,8-9,16,18-20H,3,6-7,10-15H2,1H3,(H2,24,27)(H,25,26). The highest BCUT2D eigenvalue weighted by Gasteiger charge is 2.60. The zero-order valence-electron chi connectivity index (χ0n) is 16.4. The molecular weight excluding hydrogens is 338 g/mol. The van der Waals surface area contributed by atoms with Gasteiger partial charge in [0, 0.05) is 6.42 Å². The Morgan fingerprint density at radius 2 is 1.96 bits per heavy atom. The third-order valence-corrected chi connectivity index (χ3v) is 7.31. The van der Waals surface area contributed by atoms with Gasteiger partial charge in [-0.2, -0.15) is 0 Å². The van der Waals surface area contributed by atoms with Crippen LogP contribution < -0.4 is 5.73 Å². The van der Waals surface area contributed by atoms with Crippen molar-refractivity contribution in [3.05, 3.63) is 35.9 Å². The topological polar surface area (TPSA) is 80.4 Å². The number of carboxylic acid groups (broad SMARTS) is 1. The second-order valence-corrected chi connectivity index (χ2v) is 8.83. The molecule has 4 nitrogen and oxygen atoms in total. The summed E-state index contributed by atoms with van der Waals surface area (Å²) in [6, 6.07) is 10.6. The van der Waals surface area contributed by atoms with Crippen LogP contribution in [0.5, 0.6) is 0 Å². The molecule has 2 aliphatic carbocycles. The third kappa shape index (κ3) is 4.20. The van der Waals surface area contributed by atoms with Crippen molar-refractivity contribution in [2.24, 2.45) is 28.9 Å². The zero-order chi connectivity index (χ0) is 19.4. The van der Waals surface area contributed by atoms with Crippen LogP contribution in [0.3, 0.4) is 0 Å². The minimum Gasteiger partial charge on any atom is -0.481 e. The number of rotatable bonds is 10. The number of hydrogen-bond acceptors (Lipinski definition) is 2. The first-order valence-electron chi connectivity index (χ1n) is 10.5. The van der Waals surface area contributed by atoms with E-state index in [-0.39, 0.29) is 17.7 Å². The van der Waals surface area contributed by atoms with Gasteiger partial charge in [0.1, 0.15) is 0 Å². The lowest BCUT2D eigenvalue weighted by molar-refractivity contribution is -0.137. The van der Waals surface area contributed by atoms with Gasteiger partial charge < -0.3 is 10.8 Å². The number of nitrogens with two attached hydrogens (primary N) is 1. The van der Waals surface area contributed by atoms with Gasteiger partial charge in [0.15, 0.2) is 0 Å². The Kier molecular flexibility index (Phi) is 6.23. The van der Waals surface area contributed by atoms with Crippen LogP contribution in [0.1, 0.15) is 76.2 Å². The van der Waals surface area contributed by atoms with Gasteiger partial charge in [-0.3, -0.25) is 9.59 Å². The smallest absolute Gasteiger partial charge is 0.303 e. The molecule has 0 spiro atoms. The van der Waals surface area contributed by atoms with E-state index in [1.54, 1.807) is 0 Å². The van der Waals surface area contributed by atoms with E-state index >= 15 is 0 Å². The Balaban J connectivity index is 1.67. The quantitative estimate of drug-likeness (QED) is 0.583. The molecule has 0 saturated heterocycles. The molecule has 2 fully saturated rings. The predicted molar refractivity (Wildman–Crippen MR) is 106 cm³/mol. The highest BCUT2D eigenvalue weighted by molar-refractivity contribution is 5.82. The maximum atomic E-state index is 12.4. The molecule has 4 heteroatoms. The van der Waals surface area contributed by atoms with Crippen LogP contribution in [0.15, 0.2) is 30.3 Å². The minimum atomic E-state index is -0.724. The van der Waals surface area contributed by atoms with Gasteiger partial charge in [-0.25, -0.2) is 0 Å². The molecule has 0 radical (unpaired) electrons. The van der Waals surface area contributed by atoms with Crippen molar-refractivity contribution in [3.8, 4) is 0 Å². The summed E-state index contributed by atoms with van der Waals surface area (Å²) in [7, 11) is 0. The average Bonchev–Trinajstić information content (AvgIpc) is 3.21. The van der Waals surface area contributed by atoms with Gasteiger partial charge in [-0.15, -0.1) is 0 Å². The van der Waals surface area contributed by atoms with E-state index in [0.717, 1.165) is 51.4 Å². The first kappa shape index (κ1) is 19.9. The van der Waals surface area contributed by atoms with Gasteiger partial charge in [-0.05, 0) is 67.8 Å². The molecule has 2 bridgehead atoms. The number of aliphatic carboxylic acids is 1. The van der Waals surface area contributed by atoms with E-state index in [0.29, 0.717) is 23.7 Å². The first-order chi connectivity index (χ1) is 12.9. The summed E-state index contributed by atoms with van der Waals surface area (Å²) < 4.78 is 0. The van der Waals surface area contributed by atoms with E-state index in [2.05, 4.69) is 37.3 Å². The third-order valence-electron chi connectivity index (χ3n) is 7.31. The number of carboxylic acids is 1. The Labute approximate surface area is 162 Å². The van der Waals surface area contributed by atoms with Crippen LogP contribution in [-0.2, 0) is 9.59 Å². The van der Waals surface area contributed by atoms with Crippen molar-refractivity contribution >= 4 is 11.9 Å². The Morgan fingerprint density at radius 3 is 2.63 bits per heavy atom. The highest BCUT2D eigenvalue weighted by Crippen LogP contribution is 2.63. The van der Waals surface area contributed by atoms with Crippen molar-refractivity contribution in [1.29, 1.82) is 0 Å². The molecule has 1 aromatic rings. The van der Waals surface area contributed by atoms with E-state index in [4.69, 9.17) is 10.8 Å².